The van der Waals surface area contributed by atoms with Crippen molar-refractivity contribution in [2.24, 2.45) is 5.11 Å². The van der Waals surface area contributed by atoms with Crippen LogP contribution in [0.1, 0.15) is 28.3 Å². The van der Waals surface area contributed by atoms with E-state index >= 15 is 0 Å². The Balaban J connectivity index is 1.80. The van der Waals surface area contributed by atoms with Crippen molar-refractivity contribution in [1.29, 1.82) is 0 Å². The molecule has 2 aromatic heterocycles. The van der Waals surface area contributed by atoms with Gasteiger partial charge in [0.25, 0.3) is 0 Å². The second-order valence-corrected chi connectivity index (χ2v) is 10.1. The molecule has 0 aliphatic carbocycles. The molecule has 41 heavy (non-hydrogen) atoms. The largest absolute Gasteiger partial charge is 0.480 e. The van der Waals surface area contributed by atoms with E-state index in [9.17, 15) is 19.8 Å². The highest BCUT2D eigenvalue weighted by Gasteiger charge is 2.20. The summed E-state index contributed by atoms with van der Waals surface area (Å²) in [5, 5.41) is 22.7. The zero-order valence-corrected chi connectivity index (χ0v) is 23.4. The summed E-state index contributed by atoms with van der Waals surface area (Å²) in [6.07, 6.45) is 5.51. The van der Waals surface area contributed by atoms with Gasteiger partial charge in [0.05, 0.1) is 31.0 Å². The van der Waals surface area contributed by atoms with Crippen molar-refractivity contribution in [1.82, 2.24) is 29.6 Å². The molecule has 1 saturated heterocycles. The van der Waals surface area contributed by atoms with E-state index < -0.39 is 11.9 Å². The third-order valence-electron chi connectivity index (χ3n) is 6.75. The predicted molar refractivity (Wildman–Crippen MR) is 153 cm³/mol. The van der Waals surface area contributed by atoms with Crippen LogP contribution in [0.3, 0.4) is 0 Å². The fraction of sp³-hybridized carbons (Fsp3) is 0.500. The van der Waals surface area contributed by atoms with Crippen LogP contribution in [0, 0.1) is 19.3 Å². The quantitative estimate of drug-likeness (QED) is 0.188. The number of rotatable bonds is 10. The van der Waals surface area contributed by atoms with Crippen molar-refractivity contribution in [3.8, 4) is 12.3 Å². The summed E-state index contributed by atoms with van der Waals surface area (Å²) in [7, 11) is 0. The van der Waals surface area contributed by atoms with Crippen LogP contribution in [0.5, 0.6) is 0 Å². The number of hydrogen-bond donors (Lipinski definition) is 2. The van der Waals surface area contributed by atoms with Crippen LogP contribution in [0.4, 0.5) is 0 Å². The van der Waals surface area contributed by atoms with E-state index in [1.165, 1.54) is 0 Å². The van der Waals surface area contributed by atoms with Gasteiger partial charge in [0, 0.05) is 76.1 Å². The summed E-state index contributed by atoms with van der Waals surface area (Å²) in [5.41, 5.74) is 12.5. The van der Waals surface area contributed by atoms with Crippen LogP contribution in [-0.4, -0.2) is 117 Å². The first-order chi connectivity index (χ1) is 19.7. The molecule has 2 N–H and O–H groups in total. The number of nitrogens with zero attached hydrogens (tertiary/aromatic N) is 9. The van der Waals surface area contributed by atoms with Gasteiger partial charge in [-0.3, -0.25) is 34.2 Å². The van der Waals surface area contributed by atoms with Gasteiger partial charge in [-0.1, -0.05) is 17.1 Å². The van der Waals surface area contributed by atoms with Crippen molar-refractivity contribution in [3.05, 3.63) is 69.1 Å². The molecule has 1 aliphatic rings. The monoisotopic (exact) mass is 563 g/mol. The van der Waals surface area contributed by atoms with Gasteiger partial charge in [-0.15, -0.1) is 6.42 Å². The van der Waals surface area contributed by atoms with Crippen molar-refractivity contribution < 1.29 is 19.8 Å². The Morgan fingerprint density at radius 1 is 0.878 bits per heavy atom. The molecule has 0 aromatic carbocycles. The number of azide groups is 1. The molecule has 0 amide bonds. The molecule has 0 radical (unpaired) electrons. The molecule has 3 rings (SSSR count). The Labute approximate surface area is 240 Å². The Hall–Kier alpha value is -4.05. The minimum atomic E-state index is -0.894. The van der Waals surface area contributed by atoms with E-state index in [0.29, 0.717) is 76.8 Å². The highest BCUT2D eigenvalue weighted by atomic mass is 16.4. The average molecular weight is 564 g/mol. The molecule has 1 fully saturated rings. The van der Waals surface area contributed by atoms with Gasteiger partial charge in [0.15, 0.2) is 0 Å². The summed E-state index contributed by atoms with van der Waals surface area (Å²) in [4.78, 5) is 43.4. The third-order valence-corrected chi connectivity index (χ3v) is 6.75. The molecule has 13 heteroatoms. The summed E-state index contributed by atoms with van der Waals surface area (Å²) in [6.45, 7) is 7.32. The summed E-state index contributed by atoms with van der Waals surface area (Å²) in [5.74, 6) is 0.761. The highest BCUT2D eigenvalue weighted by molar-refractivity contribution is 5.69. The van der Waals surface area contributed by atoms with Gasteiger partial charge in [0.1, 0.15) is 5.69 Å². The van der Waals surface area contributed by atoms with Crippen molar-refractivity contribution in [3.63, 3.8) is 0 Å². The number of carboxylic acid groups (broad SMARTS) is 2. The maximum atomic E-state index is 11.7. The molecule has 0 atom stereocenters. The fourth-order valence-electron chi connectivity index (χ4n) is 4.78. The maximum absolute atomic E-state index is 11.7. The molecule has 2 aromatic rings. The summed E-state index contributed by atoms with van der Waals surface area (Å²) in [6, 6.07) is 9.37. The Morgan fingerprint density at radius 2 is 1.39 bits per heavy atom. The van der Waals surface area contributed by atoms with Gasteiger partial charge in [-0.05, 0) is 42.3 Å². The lowest BCUT2D eigenvalue weighted by Crippen LogP contribution is -2.47. The van der Waals surface area contributed by atoms with Crippen molar-refractivity contribution >= 4 is 11.9 Å². The van der Waals surface area contributed by atoms with Crippen LogP contribution < -0.4 is 0 Å². The standard InChI is InChI=1S/C28H37N9O4/c1-3-23-5-4-6-24(31-23)18-34-7-11-36(20-27(38)39)13-9-35(10-14-37(12-8-34)21-28(40)41)19-26-16-22(2)15-25(32-26)17-30-33-29/h1,4-6,15-16H,7-14,17-21H2,2H3,(H,38,39)(H,40,41). The van der Waals surface area contributed by atoms with Crippen LogP contribution >= 0.6 is 0 Å². The topological polar surface area (TPSA) is 162 Å². The Morgan fingerprint density at radius 3 is 1.90 bits per heavy atom. The maximum Gasteiger partial charge on any atom is 0.317 e. The molecule has 0 bridgehead atoms. The predicted octanol–water partition coefficient (Wildman–Crippen LogP) is 1.67. The normalized spacial score (nSPS) is 16.6. The van der Waals surface area contributed by atoms with E-state index in [1.54, 1.807) is 6.07 Å². The van der Waals surface area contributed by atoms with Gasteiger partial charge in [-0.25, -0.2) is 4.98 Å². The molecule has 13 nitrogen and oxygen atoms in total. The van der Waals surface area contributed by atoms with Crippen LogP contribution in [0.25, 0.3) is 10.4 Å². The van der Waals surface area contributed by atoms with E-state index in [2.05, 4.69) is 35.7 Å². The summed E-state index contributed by atoms with van der Waals surface area (Å²) >= 11 is 0. The van der Waals surface area contributed by atoms with E-state index in [4.69, 9.17) is 12.0 Å². The molecule has 0 spiro atoms. The molecule has 3 heterocycles. The lowest BCUT2D eigenvalue weighted by molar-refractivity contribution is -0.139. The number of aliphatic carboxylic acids is 2. The average Bonchev–Trinajstić information content (AvgIpc) is 2.92. The van der Waals surface area contributed by atoms with Gasteiger partial charge >= 0.3 is 11.9 Å². The first kappa shape index (κ1) is 31.5. The van der Waals surface area contributed by atoms with Gasteiger partial charge in [-0.2, -0.15) is 0 Å². The highest BCUT2D eigenvalue weighted by Crippen LogP contribution is 2.11. The number of terminal acetylenes is 1. The minimum absolute atomic E-state index is 0.0867. The lowest BCUT2D eigenvalue weighted by atomic mass is 10.2. The van der Waals surface area contributed by atoms with E-state index in [0.717, 1.165) is 17.0 Å². The SMILES string of the molecule is C#Cc1cccc(CN2CCN(CC(=O)O)CCN(Cc3cc(C)cc(CN=[N+]=[N-])n3)CCN(CC(=O)O)CC2)n1. The second-order valence-electron chi connectivity index (χ2n) is 10.1. The fourth-order valence-corrected chi connectivity index (χ4v) is 4.78. The molecular weight excluding hydrogens is 526 g/mol. The molecule has 1 aliphatic heterocycles. The zero-order chi connectivity index (χ0) is 29.6. The number of hydrogen-bond acceptors (Lipinski definition) is 9. The smallest absolute Gasteiger partial charge is 0.317 e. The lowest BCUT2D eigenvalue weighted by Gasteiger charge is -2.33. The zero-order valence-electron chi connectivity index (χ0n) is 23.4. The number of aryl methyl sites for hydroxylation is 1. The van der Waals surface area contributed by atoms with Crippen LogP contribution in [0.2, 0.25) is 0 Å². The van der Waals surface area contributed by atoms with Gasteiger partial charge in [0.2, 0.25) is 0 Å². The number of carboxylic acids is 2. The van der Waals surface area contributed by atoms with Crippen molar-refractivity contribution in [2.45, 2.75) is 26.6 Å². The van der Waals surface area contributed by atoms with E-state index in [-0.39, 0.29) is 19.6 Å². The number of pyridine rings is 2. The molecule has 0 unspecified atom stereocenters. The molecule has 218 valence electrons. The number of carbonyl (C=O) groups is 2. The molecular formula is C28H37N9O4. The number of aromatic nitrogens is 2. The van der Waals surface area contributed by atoms with Gasteiger partial charge < -0.3 is 10.2 Å². The summed E-state index contributed by atoms with van der Waals surface area (Å²) < 4.78 is 0. The first-order valence-electron chi connectivity index (χ1n) is 13.5. The Kier molecular flexibility index (Phi) is 12.5. The minimum Gasteiger partial charge on any atom is -0.480 e. The Bertz CT molecular complexity index is 1240. The first-order valence-corrected chi connectivity index (χ1v) is 13.5. The second kappa shape index (κ2) is 16.3. The van der Waals surface area contributed by atoms with E-state index in [1.807, 2.05) is 41.0 Å². The van der Waals surface area contributed by atoms with Crippen LogP contribution in [0.15, 0.2) is 35.4 Å². The molecule has 0 saturated carbocycles. The van der Waals surface area contributed by atoms with Crippen molar-refractivity contribution in [2.75, 3.05) is 65.4 Å². The third kappa shape index (κ3) is 11.5. The van der Waals surface area contributed by atoms with Crippen LogP contribution in [-0.2, 0) is 29.2 Å².